The highest BCUT2D eigenvalue weighted by molar-refractivity contribution is 6.10. The molecule has 0 N–H and O–H groups in total. The monoisotopic (exact) mass is 461 g/mol. The van der Waals surface area contributed by atoms with Gasteiger partial charge in [-0.05, 0) is 42.5 Å². The maximum absolute atomic E-state index is 13.5. The molecule has 0 amide bonds. The Bertz CT molecular complexity index is 1400. The zero-order valence-electron chi connectivity index (χ0n) is 18.7. The molecule has 1 aromatic heterocycles. The average molecular weight is 461 g/mol. The molecule has 2 heterocycles. The van der Waals surface area contributed by atoms with Gasteiger partial charge in [0, 0.05) is 37.3 Å². The van der Waals surface area contributed by atoms with Crippen molar-refractivity contribution < 1.29 is 18.3 Å². The second-order valence-corrected chi connectivity index (χ2v) is 8.24. The lowest BCUT2D eigenvalue weighted by atomic mass is 10.0. The highest BCUT2D eigenvalue weighted by Gasteiger charge is 2.22. The van der Waals surface area contributed by atoms with Crippen molar-refractivity contribution in [2.45, 2.75) is 6.67 Å². The number of anilines is 1. The number of nitrogens with zero attached hydrogens (tertiary/aromatic N) is 3. The zero-order valence-corrected chi connectivity index (χ0v) is 18.7. The van der Waals surface area contributed by atoms with Gasteiger partial charge < -0.3 is 14.1 Å². The Hall–Kier alpha value is -3.91. The number of benzene rings is 3. The van der Waals surface area contributed by atoms with E-state index in [0.29, 0.717) is 23.3 Å². The van der Waals surface area contributed by atoms with Gasteiger partial charge in [0.25, 0.3) is 0 Å². The number of hydrogen-bond donors (Lipinski definition) is 0. The van der Waals surface area contributed by atoms with Crippen molar-refractivity contribution in [1.82, 2.24) is 9.47 Å². The Morgan fingerprint density at radius 1 is 0.971 bits per heavy atom. The molecule has 0 spiro atoms. The number of ketones is 1. The predicted octanol–water partition coefficient (Wildman–Crippen LogP) is 3.75. The first kappa shape index (κ1) is 21.9. The second kappa shape index (κ2) is 9.15. The molecule has 34 heavy (non-hydrogen) atoms. The van der Waals surface area contributed by atoms with E-state index in [0.717, 1.165) is 37.6 Å². The molecule has 5 rings (SSSR count). The summed E-state index contributed by atoms with van der Waals surface area (Å²) in [6, 6.07) is 18.4. The molecule has 0 atom stereocenters. The molecule has 7 nitrogen and oxygen atoms in total. The summed E-state index contributed by atoms with van der Waals surface area (Å²) in [6.45, 7) is 3.54. The number of oxazole rings is 1. The molecule has 8 heteroatoms. The van der Waals surface area contributed by atoms with Crippen molar-refractivity contribution in [1.29, 1.82) is 0 Å². The van der Waals surface area contributed by atoms with Gasteiger partial charge in [0.15, 0.2) is 11.4 Å². The van der Waals surface area contributed by atoms with Crippen molar-refractivity contribution in [2.75, 3.05) is 38.2 Å². The van der Waals surface area contributed by atoms with Crippen LogP contribution in [0.5, 0.6) is 5.75 Å². The highest BCUT2D eigenvalue weighted by atomic mass is 19.1. The van der Waals surface area contributed by atoms with Gasteiger partial charge in [-0.3, -0.25) is 14.3 Å². The first-order valence-electron chi connectivity index (χ1n) is 11.1. The van der Waals surface area contributed by atoms with Crippen molar-refractivity contribution in [3.8, 4) is 5.75 Å². The lowest BCUT2D eigenvalue weighted by molar-refractivity contribution is 0.103. The van der Waals surface area contributed by atoms with Gasteiger partial charge in [-0.2, -0.15) is 0 Å². The molecule has 1 saturated heterocycles. The first-order valence-corrected chi connectivity index (χ1v) is 11.1. The zero-order chi connectivity index (χ0) is 23.7. The van der Waals surface area contributed by atoms with Crippen LogP contribution in [0.2, 0.25) is 0 Å². The summed E-state index contributed by atoms with van der Waals surface area (Å²) in [7, 11) is 1.67. The average Bonchev–Trinajstić information content (AvgIpc) is 3.18. The molecule has 0 unspecified atom stereocenters. The quantitative estimate of drug-likeness (QED) is 0.408. The third-order valence-electron chi connectivity index (χ3n) is 6.16. The molecule has 3 aromatic carbocycles. The van der Waals surface area contributed by atoms with E-state index in [9.17, 15) is 14.0 Å². The molecule has 1 aliphatic rings. The fraction of sp³-hybridized carbons (Fsp3) is 0.231. The Labute approximate surface area is 195 Å². The van der Waals surface area contributed by atoms with Crippen LogP contribution in [0.15, 0.2) is 75.9 Å². The van der Waals surface area contributed by atoms with Gasteiger partial charge in [-0.1, -0.05) is 24.3 Å². The van der Waals surface area contributed by atoms with E-state index in [1.54, 1.807) is 35.9 Å². The Balaban J connectivity index is 1.32. The summed E-state index contributed by atoms with van der Waals surface area (Å²) >= 11 is 0. The van der Waals surface area contributed by atoms with Crippen LogP contribution in [0, 0.1) is 5.82 Å². The van der Waals surface area contributed by atoms with Crippen LogP contribution >= 0.6 is 0 Å². The maximum Gasteiger partial charge on any atom is 0.421 e. The van der Waals surface area contributed by atoms with Crippen LogP contribution in [-0.2, 0) is 6.67 Å². The van der Waals surface area contributed by atoms with E-state index >= 15 is 0 Å². The van der Waals surface area contributed by atoms with Crippen LogP contribution in [0.25, 0.3) is 11.1 Å². The lowest BCUT2D eigenvalue weighted by Crippen LogP contribution is -2.47. The number of methoxy groups -OCH3 is 1. The molecular weight excluding hydrogens is 437 g/mol. The van der Waals surface area contributed by atoms with Gasteiger partial charge in [-0.25, -0.2) is 9.18 Å². The first-order chi connectivity index (χ1) is 16.5. The fourth-order valence-electron chi connectivity index (χ4n) is 4.36. The molecular formula is C26H24FN3O4. The normalized spacial score (nSPS) is 14.5. The van der Waals surface area contributed by atoms with Crippen molar-refractivity contribution >= 4 is 22.6 Å². The van der Waals surface area contributed by atoms with E-state index in [1.807, 2.05) is 24.3 Å². The van der Waals surface area contributed by atoms with Crippen molar-refractivity contribution in [3.63, 3.8) is 0 Å². The Kier molecular flexibility index (Phi) is 5.90. The van der Waals surface area contributed by atoms with Gasteiger partial charge in [-0.15, -0.1) is 0 Å². The topological polar surface area (TPSA) is 67.9 Å². The van der Waals surface area contributed by atoms with E-state index < -0.39 is 11.6 Å². The summed E-state index contributed by atoms with van der Waals surface area (Å²) in [5.41, 5.74) is 2.59. The molecule has 0 bridgehead atoms. The van der Waals surface area contributed by atoms with Crippen LogP contribution in [0.4, 0.5) is 10.1 Å². The smallest absolute Gasteiger partial charge is 0.421 e. The predicted molar refractivity (Wildman–Crippen MR) is 127 cm³/mol. The van der Waals surface area contributed by atoms with E-state index in [1.165, 1.54) is 18.2 Å². The minimum atomic E-state index is -0.476. The summed E-state index contributed by atoms with van der Waals surface area (Å²) in [4.78, 5) is 29.8. The molecule has 1 aliphatic heterocycles. The van der Waals surface area contributed by atoms with Crippen molar-refractivity contribution in [3.05, 3.63) is 94.2 Å². The minimum Gasteiger partial charge on any atom is -0.495 e. The molecule has 1 fully saturated rings. The maximum atomic E-state index is 13.5. The summed E-state index contributed by atoms with van der Waals surface area (Å²) in [5.74, 6) is -0.436. The van der Waals surface area contributed by atoms with Gasteiger partial charge in [0.2, 0.25) is 0 Å². The number of aromatic nitrogens is 1. The SMILES string of the molecule is COc1ccccc1N1CCN(Cn2c(=O)oc3cc(C(=O)c4cccc(F)c4)ccc32)CC1. The fourth-order valence-corrected chi connectivity index (χ4v) is 4.36. The minimum absolute atomic E-state index is 0.244. The number of piperazine rings is 1. The number of halogens is 1. The second-order valence-electron chi connectivity index (χ2n) is 8.24. The van der Waals surface area contributed by atoms with Gasteiger partial charge in [0.1, 0.15) is 11.6 Å². The van der Waals surface area contributed by atoms with Crippen LogP contribution in [0.3, 0.4) is 0 Å². The number of carbonyl (C=O) groups is 1. The van der Waals surface area contributed by atoms with Crippen LogP contribution < -0.4 is 15.4 Å². The van der Waals surface area contributed by atoms with Crippen molar-refractivity contribution in [2.24, 2.45) is 0 Å². The largest absolute Gasteiger partial charge is 0.495 e. The van der Waals surface area contributed by atoms with Crippen LogP contribution in [0.1, 0.15) is 15.9 Å². The summed E-state index contributed by atoms with van der Waals surface area (Å²) < 4.78 is 26.0. The number of ether oxygens (including phenoxy) is 1. The number of carbonyl (C=O) groups excluding carboxylic acids is 1. The Morgan fingerprint density at radius 3 is 2.50 bits per heavy atom. The van der Waals surface area contributed by atoms with Gasteiger partial charge in [0.05, 0.1) is 25.0 Å². The Morgan fingerprint density at radius 2 is 1.74 bits per heavy atom. The standard InChI is InChI=1S/C26H24FN3O4/c1-33-23-8-3-2-7-21(23)29-13-11-28(12-14-29)17-30-22-10-9-19(16-24(22)34-26(30)32)25(31)18-5-4-6-20(27)15-18/h2-10,15-16H,11-14,17H2,1H3. The van der Waals surface area contributed by atoms with Crippen LogP contribution in [-0.4, -0.2) is 48.5 Å². The van der Waals surface area contributed by atoms with E-state index in [2.05, 4.69) is 9.80 Å². The third-order valence-corrected chi connectivity index (χ3v) is 6.16. The van der Waals surface area contributed by atoms with E-state index in [-0.39, 0.29) is 11.3 Å². The molecule has 0 radical (unpaired) electrons. The summed E-state index contributed by atoms with van der Waals surface area (Å²) in [5, 5.41) is 0. The lowest BCUT2D eigenvalue weighted by Gasteiger charge is -2.36. The number of rotatable bonds is 6. The highest BCUT2D eigenvalue weighted by Crippen LogP contribution is 2.28. The number of para-hydroxylation sites is 2. The number of hydrogen-bond acceptors (Lipinski definition) is 6. The number of fused-ring (bicyclic) bond motifs is 1. The summed E-state index contributed by atoms with van der Waals surface area (Å²) in [6.07, 6.45) is 0. The van der Waals surface area contributed by atoms with Gasteiger partial charge >= 0.3 is 5.76 Å². The molecule has 4 aromatic rings. The molecule has 0 saturated carbocycles. The third kappa shape index (κ3) is 4.20. The molecule has 0 aliphatic carbocycles. The molecule has 174 valence electrons. The van der Waals surface area contributed by atoms with E-state index in [4.69, 9.17) is 9.15 Å².